The third-order valence-electron chi connectivity index (χ3n) is 5.41. The molecular formula is C17H21N3O2. The molecule has 0 saturated carbocycles. The van der Waals surface area contributed by atoms with Crippen LogP contribution in [-0.4, -0.2) is 53.0 Å². The van der Waals surface area contributed by atoms with Gasteiger partial charge >= 0.3 is 6.03 Å². The number of benzene rings is 1. The number of fused-ring (bicyclic) bond motifs is 1. The fraction of sp³-hybridized carbons (Fsp3) is 0.529. The van der Waals surface area contributed by atoms with Crippen molar-refractivity contribution < 1.29 is 9.59 Å². The SMILES string of the molecule is C[C@@]12CCCN1C(=O)N([C@@H]1CCN(c3ccccc3)C1)C2=O. The smallest absolute Gasteiger partial charge is 0.327 e. The van der Waals surface area contributed by atoms with Gasteiger partial charge in [-0.25, -0.2) is 4.79 Å². The lowest BCUT2D eigenvalue weighted by atomic mass is 9.99. The second-order valence-corrected chi connectivity index (χ2v) is 6.71. The van der Waals surface area contributed by atoms with Gasteiger partial charge in [0, 0.05) is 25.3 Å². The molecule has 0 unspecified atom stereocenters. The second kappa shape index (κ2) is 4.73. The highest BCUT2D eigenvalue weighted by Crippen LogP contribution is 2.39. The lowest BCUT2D eigenvalue weighted by Gasteiger charge is -2.24. The summed E-state index contributed by atoms with van der Waals surface area (Å²) >= 11 is 0. The molecule has 5 nitrogen and oxygen atoms in total. The highest BCUT2D eigenvalue weighted by Gasteiger charge is 2.58. The maximum Gasteiger partial charge on any atom is 0.327 e. The van der Waals surface area contributed by atoms with Crippen LogP contribution in [0.3, 0.4) is 0 Å². The van der Waals surface area contributed by atoms with E-state index in [-0.39, 0.29) is 18.0 Å². The first-order chi connectivity index (χ1) is 10.6. The van der Waals surface area contributed by atoms with Crippen LogP contribution in [0.15, 0.2) is 30.3 Å². The molecule has 3 heterocycles. The zero-order valence-electron chi connectivity index (χ0n) is 12.9. The molecule has 1 aromatic carbocycles. The van der Waals surface area contributed by atoms with Gasteiger partial charge in [-0.3, -0.25) is 9.69 Å². The molecule has 0 radical (unpaired) electrons. The summed E-state index contributed by atoms with van der Waals surface area (Å²) in [5.74, 6) is 0.00918. The van der Waals surface area contributed by atoms with E-state index in [1.54, 1.807) is 9.80 Å². The molecule has 5 heteroatoms. The topological polar surface area (TPSA) is 43.9 Å². The van der Waals surface area contributed by atoms with Gasteiger partial charge < -0.3 is 9.80 Å². The van der Waals surface area contributed by atoms with Crippen molar-refractivity contribution in [3.8, 4) is 0 Å². The molecule has 3 saturated heterocycles. The Morgan fingerprint density at radius 3 is 2.64 bits per heavy atom. The van der Waals surface area contributed by atoms with Gasteiger partial charge in [0.2, 0.25) is 0 Å². The molecule has 116 valence electrons. The average molecular weight is 299 g/mol. The van der Waals surface area contributed by atoms with E-state index in [0.29, 0.717) is 6.54 Å². The van der Waals surface area contributed by atoms with Crippen molar-refractivity contribution in [2.45, 2.75) is 37.8 Å². The standard InChI is InChI=1S/C17H21N3O2/c1-17-9-5-10-19(17)16(22)20(15(17)21)14-8-11-18(12-14)13-6-3-2-4-7-13/h2-4,6-7,14H,5,8-12H2,1H3/t14-,17+/m1/s1. The van der Waals surface area contributed by atoms with Crippen LogP contribution in [0.1, 0.15) is 26.2 Å². The average Bonchev–Trinajstić information content (AvgIpc) is 3.19. The molecule has 0 N–H and O–H groups in total. The Morgan fingerprint density at radius 2 is 1.91 bits per heavy atom. The van der Waals surface area contributed by atoms with E-state index in [0.717, 1.165) is 38.0 Å². The van der Waals surface area contributed by atoms with E-state index >= 15 is 0 Å². The van der Waals surface area contributed by atoms with Crippen LogP contribution in [-0.2, 0) is 4.79 Å². The minimum atomic E-state index is -0.586. The molecular weight excluding hydrogens is 278 g/mol. The second-order valence-electron chi connectivity index (χ2n) is 6.71. The predicted octanol–water partition coefficient (Wildman–Crippen LogP) is 2.08. The van der Waals surface area contributed by atoms with E-state index in [1.807, 2.05) is 25.1 Å². The monoisotopic (exact) mass is 299 g/mol. The molecule has 0 aliphatic carbocycles. The van der Waals surface area contributed by atoms with Crippen molar-refractivity contribution in [1.82, 2.24) is 9.80 Å². The van der Waals surface area contributed by atoms with E-state index in [9.17, 15) is 9.59 Å². The summed E-state index contributed by atoms with van der Waals surface area (Å²) in [6.07, 6.45) is 2.59. The Labute approximate surface area is 130 Å². The van der Waals surface area contributed by atoms with Crippen LogP contribution in [0, 0.1) is 0 Å². The number of hydrogen-bond acceptors (Lipinski definition) is 3. The van der Waals surface area contributed by atoms with Crippen LogP contribution in [0.25, 0.3) is 0 Å². The van der Waals surface area contributed by atoms with Gasteiger partial charge in [0.15, 0.2) is 0 Å². The molecule has 1 aromatic rings. The summed E-state index contributed by atoms with van der Waals surface area (Å²) < 4.78 is 0. The van der Waals surface area contributed by atoms with Gasteiger partial charge in [0.05, 0.1) is 6.04 Å². The number of anilines is 1. The Kier molecular flexibility index (Phi) is 2.93. The van der Waals surface area contributed by atoms with Gasteiger partial charge in [-0.2, -0.15) is 0 Å². The van der Waals surface area contributed by atoms with Crippen LogP contribution >= 0.6 is 0 Å². The van der Waals surface area contributed by atoms with Gasteiger partial charge in [-0.15, -0.1) is 0 Å². The molecule has 3 amide bonds. The van der Waals surface area contributed by atoms with Crippen molar-refractivity contribution in [2.24, 2.45) is 0 Å². The highest BCUT2D eigenvalue weighted by atomic mass is 16.2. The maximum absolute atomic E-state index is 12.8. The Morgan fingerprint density at radius 1 is 1.14 bits per heavy atom. The van der Waals surface area contributed by atoms with Crippen molar-refractivity contribution in [3.05, 3.63) is 30.3 Å². The van der Waals surface area contributed by atoms with Crippen molar-refractivity contribution in [3.63, 3.8) is 0 Å². The number of carbonyl (C=O) groups excluding carboxylic acids is 2. The minimum absolute atomic E-state index is 0.00244. The molecule has 2 atom stereocenters. The van der Waals surface area contributed by atoms with E-state index in [1.165, 1.54) is 0 Å². The summed E-state index contributed by atoms with van der Waals surface area (Å²) in [6.45, 7) is 4.27. The predicted molar refractivity (Wildman–Crippen MR) is 83.6 cm³/mol. The number of imide groups is 1. The van der Waals surface area contributed by atoms with Gasteiger partial charge in [0.1, 0.15) is 5.54 Å². The normalized spacial score (nSPS) is 31.3. The van der Waals surface area contributed by atoms with Gasteiger partial charge in [0.25, 0.3) is 5.91 Å². The molecule has 3 aliphatic heterocycles. The maximum atomic E-state index is 12.8. The quantitative estimate of drug-likeness (QED) is 0.785. The molecule has 4 rings (SSSR count). The minimum Gasteiger partial charge on any atom is -0.369 e. The fourth-order valence-electron chi connectivity index (χ4n) is 4.12. The number of nitrogens with zero attached hydrogens (tertiary/aromatic N) is 3. The van der Waals surface area contributed by atoms with E-state index in [4.69, 9.17) is 0 Å². The van der Waals surface area contributed by atoms with Crippen LogP contribution in [0.5, 0.6) is 0 Å². The molecule has 0 aromatic heterocycles. The largest absolute Gasteiger partial charge is 0.369 e. The number of rotatable bonds is 2. The molecule has 3 fully saturated rings. The number of para-hydroxylation sites is 1. The lowest BCUT2D eigenvalue weighted by molar-refractivity contribution is -0.133. The van der Waals surface area contributed by atoms with Crippen molar-refractivity contribution >= 4 is 17.6 Å². The van der Waals surface area contributed by atoms with Crippen molar-refractivity contribution in [2.75, 3.05) is 24.5 Å². The van der Waals surface area contributed by atoms with E-state index in [2.05, 4.69) is 17.0 Å². The Balaban J connectivity index is 1.54. The van der Waals surface area contributed by atoms with Gasteiger partial charge in [-0.1, -0.05) is 18.2 Å². The number of amides is 3. The Hall–Kier alpha value is -2.04. The third-order valence-corrected chi connectivity index (χ3v) is 5.41. The van der Waals surface area contributed by atoms with Crippen LogP contribution in [0.4, 0.5) is 10.5 Å². The number of urea groups is 1. The zero-order valence-corrected chi connectivity index (χ0v) is 12.9. The fourth-order valence-corrected chi connectivity index (χ4v) is 4.12. The molecule has 0 spiro atoms. The van der Waals surface area contributed by atoms with Crippen LogP contribution < -0.4 is 4.90 Å². The van der Waals surface area contributed by atoms with E-state index < -0.39 is 5.54 Å². The summed E-state index contributed by atoms with van der Waals surface area (Å²) in [5, 5.41) is 0. The molecule has 0 bridgehead atoms. The zero-order chi connectivity index (χ0) is 15.3. The lowest BCUT2D eigenvalue weighted by Crippen LogP contribution is -2.45. The number of carbonyl (C=O) groups is 2. The first-order valence-corrected chi connectivity index (χ1v) is 8.06. The third kappa shape index (κ3) is 1.77. The van der Waals surface area contributed by atoms with Crippen molar-refractivity contribution in [1.29, 1.82) is 0 Å². The highest BCUT2D eigenvalue weighted by molar-refractivity contribution is 6.07. The molecule has 22 heavy (non-hydrogen) atoms. The first-order valence-electron chi connectivity index (χ1n) is 8.06. The number of hydrogen-bond donors (Lipinski definition) is 0. The molecule has 3 aliphatic rings. The summed E-state index contributed by atoms with van der Waals surface area (Å²) in [7, 11) is 0. The summed E-state index contributed by atoms with van der Waals surface area (Å²) in [4.78, 5) is 31.0. The van der Waals surface area contributed by atoms with Gasteiger partial charge in [-0.05, 0) is 38.3 Å². The van der Waals surface area contributed by atoms with Crippen LogP contribution in [0.2, 0.25) is 0 Å². The first kappa shape index (κ1) is 13.6. The Bertz CT molecular complexity index is 618. The summed E-state index contributed by atoms with van der Waals surface area (Å²) in [6, 6.07) is 10.1. The summed E-state index contributed by atoms with van der Waals surface area (Å²) in [5.41, 5.74) is 0.577.